The van der Waals surface area contributed by atoms with Crippen LogP contribution in [-0.2, 0) is 4.79 Å². The quantitative estimate of drug-likeness (QED) is 0.840. The second kappa shape index (κ2) is 4.69. The Bertz CT molecular complexity index is 678. The molecule has 1 saturated heterocycles. The lowest BCUT2D eigenvalue weighted by molar-refractivity contribution is -0.115. The van der Waals surface area contributed by atoms with Gasteiger partial charge in [-0.3, -0.25) is 14.9 Å². The highest BCUT2D eigenvalue weighted by Gasteiger charge is 2.25. The smallest absolute Gasteiger partial charge is 0.282 e. The molecule has 7 heteroatoms. The van der Waals surface area contributed by atoms with Gasteiger partial charge in [-0.25, -0.2) is 0 Å². The molecule has 2 aromatic rings. The number of amides is 2. The van der Waals surface area contributed by atoms with Gasteiger partial charge in [0, 0.05) is 0 Å². The van der Waals surface area contributed by atoms with Crippen LogP contribution in [0.25, 0.3) is 11.8 Å². The van der Waals surface area contributed by atoms with Gasteiger partial charge in [0.2, 0.25) is 0 Å². The Kier molecular flexibility index (Phi) is 2.88. The second-order valence-electron chi connectivity index (χ2n) is 3.75. The molecule has 0 saturated carbocycles. The van der Waals surface area contributed by atoms with Crippen LogP contribution < -0.4 is 5.32 Å². The summed E-state index contributed by atoms with van der Waals surface area (Å²) in [4.78, 5) is 24.2. The largest absolute Gasteiger partial charge is 0.290 e. The lowest BCUT2D eigenvalue weighted by Crippen LogP contribution is -2.17. The maximum atomic E-state index is 11.4. The fraction of sp³-hybridized carbons (Fsp3) is 0. The standard InChI is InChI=1S/C12H8N4O2S/c17-11-10(19-12(18)14-11)6-8-7-13-16(15-8)9-4-2-1-3-5-9/h1-7H,(H,14,17,18)/b10-6-. The lowest BCUT2D eigenvalue weighted by Gasteiger charge is -1.96. The van der Waals surface area contributed by atoms with Crippen molar-refractivity contribution in [3.05, 3.63) is 47.1 Å². The van der Waals surface area contributed by atoms with Crippen molar-refractivity contribution in [2.45, 2.75) is 0 Å². The molecule has 1 aliphatic rings. The number of para-hydroxylation sites is 1. The predicted molar refractivity (Wildman–Crippen MR) is 70.5 cm³/mol. The Labute approximate surface area is 112 Å². The monoisotopic (exact) mass is 272 g/mol. The van der Waals surface area contributed by atoms with Crippen molar-refractivity contribution in [2.75, 3.05) is 0 Å². The molecule has 1 aromatic heterocycles. The molecule has 1 N–H and O–H groups in total. The van der Waals surface area contributed by atoms with E-state index in [1.54, 1.807) is 0 Å². The zero-order chi connectivity index (χ0) is 13.2. The average molecular weight is 272 g/mol. The molecule has 2 amide bonds. The summed E-state index contributed by atoms with van der Waals surface area (Å²) in [5.74, 6) is -0.399. The average Bonchev–Trinajstić information content (AvgIpc) is 2.99. The van der Waals surface area contributed by atoms with Gasteiger partial charge in [0.1, 0.15) is 5.69 Å². The van der Waals surface area contributed by atoms with E-state index in [1.807, 2.05) is 30.3 Å². The van der Waals surface area contributed by atoms with Crippen LogP contribution in [0.2, 0.25) is 0 Å². The SMILES string of the molecule is O=C1NC(=O)/C(=C/c2cnn(-c3ccccc3)n2)S1. The number of aromatic nitrogens is 3. The topological polar surface area (TPSA) is 76.9 Å². The van der Waals surface area contributed by atoms with E-state index in [9.17, 15) is 9.59 Å². The summed E-state index contributed by atoms with van der Waals surface area (Å²) in [6.07, 6.45) is 3.08. The van der Waals surface area contributed by atoms with Gasteiger partial charge in [-0.1, -0.05) is 18.2 Å². The molecule has 1 aromatic carbocycles. The maximum Gasteiger partial charge on any atom is 0.290 e. The molecule has 0 aliphatic carbocycles. The molecule has 94 valence electrons. The predicted octanol–water partition coefficient (Wildman–Crippen LogP) is 1.59. The number of rotatable bonds is 2. The lowest BCUT2D eigenvalue weighted by atomic mass is 10.3. The van der Waals surface area contributed by atoms with Crippen LogP contribution in [0, 0.1) is 0 Å². The van der Waals surface area contributed by atoms with Gasteiger partial charge in [-0.2, -0.15) is 9.90 Å². The number of hydrogen-bond acceptors (Lipinski definition) is 5. The Hall–Kier alpha value is -2.41. The van der Waals surface area contributed by atoms with E-state index < -0.39 is 5.91 Å². The molecule has 0 spiro atoms. The number of hydrogen-bond donors (Lipinski definition) is 1. The van der Waals surface area contributed by atoms with Crippen LogP contribution in [0.3, 0.4) is 0 Å². The van der Waals surface area contributed by atoms with Crippen molar-refractivity contribution < 1.29 is 9.59 Å². The summed E-state index contributed by atoms with van der Waals surface area (Å²) < 4.78 is 0. The molecule has 0 bridgehead atoms. The van der Waals surface area contributed by atoms with E-state index in [2.05, 4.69) is 15.5 Å². The van der Waals surface area contributed by atoms with Gasteiger partial charge in [0.15, 0.2) is 0 Å². The number of nitrogens with zero attached hydrogens (tertiary/aromatic N) is 3. The molecule has 2 heterocycles. The minimum absolute atomic E-state index is 0.324. The third-order valence-corrected chi connectivity index (χ3v) is 3.23. The van der Waals surface area contributed by atoms with E-state index in [0.717, 1.165) is 17.4 Å². The highest BCUT2D eigenvalue weighted by atomic mass is 32.2. The molecule has 1 fully saturated rings. The van der Waals surface area contributed by atoms with Crippen molar-refractivity contribution in [3.63, 3.8) is 0 Å². The first kappa shape index (κ1) is 11.7. The molecule has 1 aliphatic heterocycles. The third-order valence-electron chi connectivity index (χ3n) is 2.42. The molecule has 0 unspecified atom stereocenters. The van der Waals surface area contributed by atoms with E-state index in [0.29, 0.717) is 10.6 Å². The number of carbonyl (C=O) groups excluding carboxylic acids is 2. The number of carbonyl (C=O) groups is 2. The van der Waals surface area contributed by atoms with Crippen molar-refractivity contribution in [2.24, 2.45) is 0 Å². The minimum Gasteiger partial charge on any atom is -0.282 e. The fourth-order valence-electron chi connectivity index (χ4n) is 1.58. The highest BCUT2D eigenvalue weighted by Crippen LogP contribution is 2.24. The van der Waals surface area contributed by atoms with E-state index in [4.69, 9.17) is 0 Å². The normalized spacial score (nSPS) is 16.9. The van der Waals surface area contributed by atoms with Crippen molar-refractivity contribution in [3.8, 4) is 5.69 Å². The Balaban J connectivity index is 1.89. The van der Waals surface area contributed by atoms with Gasteiger partial charge < -0.3 is 0 Å². The first-order valence-corrected chi connectivity index (χ1v) is 6.27. The number of benzene rings is 1. The molecule has 0 atom stereocenters. The summed E-state index contributed by atoms with van der Waals surface area (Å²) in [5.41, 5.74) is 1.35. The van der Waals surface area contributed by atoms with E-state index >= 15 is 0 Å². The number of thioether (sulfide) groups is 1. The fourth-order valence-corrected chi connectivity index (χ4v) is 2.25. The van der Waals surface area contributed by atoms with Crippen LogP contribution in [0.1, 0.15) is 5.69 Å². The van der Waals surface area contributed by atoms with Crippen LogP contribution in [0.4, 0.5) is 4.79 Å². The summed E-state index contributed by atoms with van der Waals surface area (Å²) in [5, 5.41) is 10.2. The number of nitrogens with one attached hydrogen (secondary N) is 1. The molecule has 6 nitrogen and oxygen atoms in total. The first-order valence-electron chi connectivity index (χ1n) is 5.45. The van der Waals surface area contributed by atoms with Crippen molar-refractivity contribution in [1.82, 2.24) is 20.3 Å². The van der Waals surface area contributed by atoms with Gasteiger partial charge in [-0.15, -0.1) is 5.10 Å². The zero-order valence-electron chi connectivity index (χ0n) is 9.61. The van der Waals surface area contributed by atoms with Gasteiger partial charge >= 0.3 is 0 Å². The van der Waals surface area contributed by atoms with Crippen molar-refractivity contribution in [1.29, 1.82) is 0 Å². The Morgan fingerprint density at radius 2 is 2.00 bits per heavy atom. The summed E-state index contributed by atoms with van der Waals surface area (Å²) in [6, 6.07) is 9.42. The third kappa shape index (κ3) is 2.41. The van der Waals surface area contributed by atoms with Gasteiger partial charge in [0.25, 0.3) is 11.1 Å². The van der Waals surface area contributed by atoms with Gasteiger partial charge in [0.05, 0.1) is 16.8 Å². The van der Waals surface area contributed by atoms with E-state index in [1.165, 1.54) is 17.1 Å². The van der Waals surface area contributed by atoms with Crippen LogP contribution >= 0.6 is 11.8 Å². The molecule has 0 radical (unpaired) electrons. The molecular formula is C12H8N4O2S. The van der Waals surface area contributed by atoms with Crippen LogP contribution in [-0.4, -0.2) is 26.1 Å². The first-order chi connectivity index (χ1) is 9.22. The maximum absolute atomic E-state index is 11.4. The second-order valence-corrected chi connectivity index (χ2v) is 4.76. The van der Waals surface area contributed by atoms with Crippen molar-refractivity contribution >= 4 is 29.0 Å². The summed E-state index contributed by atoms with van der Waals surface area (Å²) >= 11 is 0.858. The summed E-state index contributed by atoms with van der Waals surface area (Å²) in [7, 11) is 0. The van der Waals surface area contributed by atoms with E-state index in [-0.39, 0.29) is 5.24 Å². The minimum atomic E-state index is -0.399. The molecular weight excluding hydrogens is 264 g/mol. The summed E-state index contributed by atoms with van der Waals surface area (Å²) in [6.45, 7) is 0. The Morgan fingerprint density at radius 3 is 2.68 bits per heavy atom. The Morgan fingerprint density at radius 1 is 1.21 bits per heavy atom. The van der Waals surface area contributed by atoms with Gasteiger partial charge in [-0.05, 0) is 30.0 Å². The van der Waals surface area contributed by atoms with Crippen LogP contribution in [0.15, 0.2) is 41.4 Å². The highest BCUT2D eigenvalue weighted by molar-refractivity contribution is 8.18. The molecule has 19 heavy (non-hydrogen) atoms. The molecule has 3 rings (SSSR count). The zero-order valence-corrected chi connectivity index (χ0v) is 10.4. The number of imide groups is 1. The van der Waals surface area contributed by atoms with Crippen LogP contribution in [0.5, 0.6) is 0 Å².